The molecule has 1 aromatic rings. The minimum absolute atomic E-state index is 0.0932. The molecule has 2 rings (SSSR count). The van der Waals surface area contributed by atoms with E-state index in [1.54, 1.807) is 10.6 Å². The van der Waals surface area contributed by atoms with Crippen LogP contribution in [-0.4, -0.2) is 20.5 Å². The monoisotopic (exact) mass is 254 g/mol. The molecule has 0 saturated heterocycles. The van der Waals surface area contributed by atoms with E-state index < -0.39 is 6.10 Å². The number of aliphatic hydroxyl groups is 1. The van der Waals surface area contributed by atoms with Gasteiger partial charge in [0.25, 0.3) is 5.56 Å². The van der Waals surface area contributed by atoms with Crippen molar-refractivity contribution in [2.24, 2.45) is 0 Å². The summed E-state index contributed by atoms with van der Waals surface area (Å²) < 4.78 is 1.56. The van der Waals surface area contributed by atoms with E-state index in [0.29, 0.717) is 42.3 Å². The third kappa shape index (κ3) is 2.15. The molecular weight excluding hydrogens is 240 g/mol. The first-order valence-electron chi connectivity index (χ1n) is 5.69. The van der Waals surface area contributed by atoms with Crippen molar-refractivity contribution >= 4 is 17.7 Å². The van der Waals surface area contributed by atoms with Crippen LogP contribution in [0.3, 0.4) is 0 Å². The number of nitrogens with zero attached hydrogens (tertiary/aromatic N) is 2. The summed E-state index contributed by atoms with van der Waals surface area (Å²) in [5, 5.41) is 9.84. The SMILES string of the molecule is C=Cc1nc2n(c(=O)c1CCCl)CCCC2O. The molecule has 0 amide bonds. The Morgan fingerprint density at radius 1 is 1.65 bits per heavy atom. The number of rotatable bonds is 3. The van der Waals surface area contributed by atoms with Crippen LogP contribution in [0.25, 0.3) is 6.08 Å². The Morgan fingerprint density at radius 3 is 3.06 bits per heavy atom. The second-order valence-corrected chi connectivity index (χ2v) is 4.47. The molecule has 0 radical (unpaired) electrons. The molecule has 1 aliphatic rings. The lowest BCUT2D eigenvalue weighted by Crippen LogP contribution is -2.33. The first-order chi connectivity index (χ1) is 8.19. The van der Waals surface area contributed by atoms with Gasteiger partial charge in [-0.2, -0.15) is 0 Å². The van der Waals surface area contributed by atoms with Crippen molar-refractivity contribution in [1.29, 1.82) is 0 Å². The molecule has 5 heteroatoms. The molecule has 1 atom stereocenters. The predicted octanol–water partition coefficient (Wildman–Crippen LogP) is 1.49. The van der Waals surface area contributed by atoms with Crippen molar-refractivity contribution in [2.75, 3.05) is 5.88 Å². The van der Waals surface area contributed by atoms with Crippen LogP contribution in [0.2, 0.25) is 0 Å². The van der Waals surface area contributed by atoms with Gasteiger partial charge in [0.05, 0.1) is 5.69 Å². The molecule has 0 spiro atoms. The van der Waals surface area contributed by atoms with Crippen LogP contribution >= 0.6 is 11.6 Å². The van der Waals surface area contributed by atoms with Crippen LogP contribution in [0, 0.1) is 0 Å². The molecule has 1 unspecified atom stereocenters. The van der Waals surface area contributed by atoms with E-state index in [1.165, 1.54) is 0 Å². The van der Waals surface area contributed by atoms with Crippen molar-refractivity contribution in [3.63, 3.8) is 0 Å². The first-order valence-corrected chi connectivity index (χ1v) is 6.22. The van der Waals surface area contributed by atoms with Crippen molar-refractivity contribution in [3.8, 4) is 0 Å². The van der Waals surface area contributed by atoms with Gasteiger partial charge in [-0.15, -0.1) is 11.6 Å². The van der Waals surface area contributed by atoms with Gasteiger partial charge >= 0.3 is 0 Å². The summed E-state index contributed by atoms with van der Waals surface area (Å²) in [5.41, 5.74) is 1.04. The Labute approximate surface area is 105 Å². The van der Waals surface area contributed by atoms with E-state index in [-0.39, 0.29) is 5.56 Å². The zero-order valence-corrected chi connectivity index (χ0v) is 10.3. The fourth-order valence-electron chi connectivity index (χ4n) is 2.17. The molecule has 0 saturated carbocycles. The maximum Gasteiger partial charge on any atom is 0.257 e. The molecule has 4 nitrogen and oxygen atoms in total. The standard InChI is InChI=1S/C12H15ClN2O2/c1-2-9-8(5-6-13)12(17)15-7-3-4-10(16)11(15)14-9/h2,10,16H,1,3-7H2. The summed E-state index contributed by atoms with van der Waals surface area (Å²) in [7, 11) is 0. The highest BCUT2D eigenvalue weighted by atomic mass is 35.5. The van der Waals surface area contributed by atoms with Gasteiger partial charge < -0.3 is 5.11 Å². The van der Waals surface area contributed by atoms with Gasteiger partial charge in [-0.1, -0.05) is 6.58 Å². The van der Waals surface area contributed by atoms with Crippen LogP contribution in [-0.2, 0) is 13.0 Å². The molecule has 17 heavy (non-hydrogen) atoms. The molecular formula is C12H15ClN2O2. The lowest BCUT2D eigenvalue weighted by molar-refractivity contribution is 0.130. The highest BCUT2D eigenvalue weighted by Crippen LogP contribution is 2.22. The van der Waals surface area contributed by atoms with Crippen LogP contribution in [0.1, 0.15) is 36.0 Å². The minimum Gasteiger partial charge on any atom is -0.385 e. The average molecular weight is 255 g/mol. The van der Waals surface area contributed by atoms with Gasteiger partial charge in [0, 0.05) is 18.0 Å². The summed E-state index contributed by atoms with van der Waals surface area (Å²) >= 11 is 5.69. The molecule has 0 aliphatic carbocycles. The summed E-state index contributed by atoms with van der Waals surface area (Å²) in [4.78, 5) is 16.6. The van der Waals surface area contributed by atoms with Gasteiger partial charge in [0.1, 0.15) is 11.9 Å². The number of aromatic nitrogens is 2. The van der Waals surface area contributed by atoms with Gasteiger partial charge in [-0.25, -0.2) is 4.98 Å². The van der Waals surface area contributed by atoms with Gasteiger partial charge in [-0.05, 0) is 25.3 Å². The molecule has 2 heterocycles. The quantitative estimate of drug-likeness (QED) is 0.832. The van der Waals surface area contributed by atoms with Gasteiger partial charge in [0.2, 0.25) is 0 Å². The number of alkyl halides is 1. The first kappa shape index (κ1) is 12.3. The Kier molecular flexibility index (Phi) is 3.64. The van der Waals surface area contributed by atoms with Crippen LogP contribution in [0.4, 0.5) is 0 Å². The smallest absolute Gasteiger partial charge is 0.257 e. The maximum atomic E-state index is 12.2. The Bertz CT molecular complexity index is 496. The molecule has 92 valence electrons. The zero-order chi connectivity index (χ0) is 12.4. The predicted molar refractivity (Wildman–Crippen MR) is 67.2 cm³/mol. The van der Waals surface area contributed by atoms with Gasteiger partial charge in [0.15, 0.2) is 0 Å². The van der Waals surface area contributed by atoms with Crippen LogP contribution < -0.4 is 5.56 Å². The van der Waals surface area contributed by atoms with Crippen molar-refractivity contribution in [2.45, 2.75) is 31.9 Å². The second kappa shape index (κ2) is 5.02. The van der Waals surface area contributed by atoms with Gasteiger partial charge in [-0.3, -0.25) is 9.36 Å². The summed E-state index contributed by atoms with van der Waals surface area (Å²) in [6.45, 7) is 4.27. The number of hydrogen-bond donors (Lipinski definition) is 1. The lowest BCUT2D eigenvalue weighted by atomic mass is 10.1. The van der Waals surface area contributed by atoms with Crippen LogP contribution in [0.5, 0.6) is 0 Å². The van der Waals surface area contributed by atoms with Crippen molar-refractivity contribution in [3.05, 3.63) is 34.0 Å². The summed E-state index contributed by atoms with van der Waals surface area (Å²) in [5.74, 6) is 0.828. The third-order valence-electron chi connectivity index (χ3n) is 3.02. The fraction of sp³-hybridized carbons (Fsp3) is 0.500. The Hall–Kier alpha value is -1.13. The fourth-order valence-corrected chi connectivity index (χ4v) is 2.36. The zero-order valence-electron chi connectivity index (χ0n) is 9.53. The molecule has 0 aromatic carbocycles. The average Bonchev–Trinajstić information content (AvgIpc) is 2.33. The molecule has 1 aliphatic heterocycles. The molecule has 1 aromatic heterocycles. The normalized spacial score (nSPS) is 18.8. The second-order valence-electron chi connectivity index (χ2n) is 4.09. The molecule has 0 bridgehead atoms. The highest BCUT2D eigenvalue weighted by Gasteiger charge is 2.23. The van der Waals surface area contributed by atoms with E-state index >= 15 is 0 Å². The van der Waals surface area contributed by atoms with Crippen molar-refractivity contribution in [1.82, 2.24) is 9.55 Å². The minimum atomic E-state index is -0.653. The Morgan fingerprint density at radius 2 is 2.41 bits per heavy atom. The number of aliphatic hydroxyl groups excluding tert-OH is 1. The van der Waals surface area contributed by atoms with E-state index in [0.717, 1.165) is 6.42 Å². The third-order valence-corrected chi connectivity index (χ3v) is 3.21. The molecule has 0 fully saturated rings. The largest absolute Gasteiger partial charge is 0.385 e. The molecule has 1 N–H and O–H groups in total. The summed E-state index contributed by atoms with van der Waals surface area (Å²) in [6.07, 6.45) is 2.82. The number of fused-ring (bicyclic) bond motifs is 1. The number of halogens is 1. The van der Waals surface area contributed by atoms with E-state index in [4.69, 9.17) is 11.6 Å². The van der Waals surface area contributed by atoms with E-state index in [2.05, 4.69) is 11.6 Å². The van der Waals surface area contributed by atoms with Crippen molar-refractivity contribution < 1.29 is 5.11 Å². The Balaban J connectivity index is 2.64. The summed E-state index contributed by atoms with van der Waals surface area (Å²) in [6, 6.07) is 0. The van der Waals surface area contributed by atoms with E-state index in [1.807, 2.05) is 0 Å². The van der Waals surface area contributed by atoms with E-state index in [9.17, 15) is 9.90 Å². The maximum absolute atomic E-state index is 12.2. The number of hydrogen-bond acceptors (Lipinski definition) is 3. The topological polar surface area (TPSA) is 55.1 Å². The lowest BCUT2D eigenvalue weighted by Gasteiger charge is -2.23. The highest BCUT2D eigenvalue weighted by molar-refractivity contribution is 6.18. The van der Waals surface area contributed by atoms with Crippen LogP contribution in [0.15, 0.2) is 11.4 Å².